The first-order valence-corrected chi connectivity index (χ1v) is 9.35. The molecule has 0 bridgehead atoms. The maximum atomic E-state index is 11.0. The third kappa shape index (κ3) is 6.76. The van der Waals surface area contributed by atoms with E-state index in [4.69, 9.17) is 14.0 Å². The molecule has 0 aromatic heterocycles. The van der Waals surface area contributed by atoms with Crippen LogP contribution < -0.4 is 9.47 Å². The molecule has 0 fully saturated rings. The number of unbranched alkanes of at least 4 members (excludes halogenated alkanes) is 5. The van der Waals surface area contributed by atoms with Crippen LogP contribution in [0.4, 0.5) is 0 Å². The molecule has 7 heteroatoms. The summed E-state index contributed by atoms with van der Waals surface area (Å²) in [5.74, 6) is 0.795. The number of aliphatic hydroxyl groups is 1. The Morgan fingerprint density at radius 1 is 1.09 bits per heavy atom. The van der Waals surface area contributed by atoms with Crippen molar-refractivity contribution in [1.29, 1.82) is 0 Å². The Morgan fingerprint density at radius 3 is 2.35 bits per heavy atom. The van der Waals surface area contributed by atoms with Crippen LogP contribution in [0.1, 0.15) is 56.4 Å². The van der Waals surface area contributed by atoms with E-state index in [1.165, 1.54) is 51.0 Å². The zero-order valence-electron chi connectivity index (χ0n) is 13.7. The summed E-state index contributed by atoms with van der Waals surface area (Å²) in [6.07, 6.45) is 6.93. The highest BCUT2D eigenvalue weighted by Gasteiger charge is 2.23. The number of benzene rings is 1. The van der Waals surface area contributed by atoms with Gasteiger partial charge in [0.1, 0.15) is 0 Å². The molecule has 6 nitrogen and oxygen atoms in total. The molecule has 132 valence electrons. The number of hydrogen-bond donors (Lipinski definition) is 2. The third-order valence-corrected chi connectivity index (χ3v) is 4.35. The molecule has 0 radical (unpaired) electrons. The SMILES string of the molecule is CCCCCCCCOc1ccc(C(O)S(=O)(=O)O)cc1OC. The molecule has 2 N–H and O–H groups in total. The number of methoxy groups -OCH3 is 1. The lowest BCUT2D eigenvalue weighted by atomic mass is 10.1. The van der Waals surface area contributed by atoms with Gasteiger partial charge in [0.2, 0.25) is 5.44 Å². The van der Waals surface area contributed by atoms with Gasteiger partial charge in [-0.3, -0.25) is 4.55 Å². The fraction of sp³-hybridized carbons (Fsp3) is 0.625. The van der Waals surface area contributed by atoms with Crippen molar-refractivity contribution >= 4 is 10.1 Å². The van der Waals surface area contributed by atoms with Gasteiger partial charge in [-0.25, -0.2) is 0 Å². The molecule has 1 unspecified atom stereocenters. The van der Waals surface area contributed by atoms with Crippen LogP contribution in [0.25, 0.3) is 0 Å². The predicted octanol–water partition coefficient (Wildman–Crippen LogP) is 3.31. The molecule has 0 saturated heterocycles. The minimum absolute atomic E-state index is 0.0243. The molecule has 1 aromatic carbocycles. The van der Waals surface area contributed by atoms with E-state index < -0.39 is 15.6 Å². The van der Waals surface area contributed by atoms with Crippen LogP contribution in [-0.4, -0.2) is 31.8 Å². The van der Waals surface area contributed by atoms with Gasteiger partial charge in [0.15, 0.2) is 11.5 Å². The fourth-order valence-electron chi connectivity index (χ4n) is 2.19. The number of aliphatic hydroxyl groups excluding tert-OH is 1. The molecule has 0 heterocycles. The minimum Gasteiger partial charge on any atom is -0.493 e. The van der Waals surface area contributed by atoms with Gasteiger partial charge >= 0.3 is 0 Å². The second-order valence-corrected chi connectivity index (χ2v) is 6.87. The summed E-state index contributed by atoms with van der Waals surface area (Å²) in [7, 11) is -3.14. The van der Waals surface area contributed by atoms with E-state index in [0.29, 0.717) is 18.1 Å². The van der Waals surface area contributed by atoms with Gasteiger partial charge < -0.3 is 14.6 Å². The van der Waals surface area contributed by atoms with Gasteiger partial charge in [-0.15, -0.1) is 0 Å². The van der Waals surface area contributed by atoms with Gasteiger partial charge in [0.05, 0.1) is 13.7 Å². The number of hydrogen-bond acceptors (Lipinski definition) is 5. The van der Waals surface area contributed by atoms with Crippen molar-refractivity contribution in [2.45, 2.75) is 50.9 Å². The monoisotopic (exact) mass is 346 g/mol. The minimum atomic E-state index is -4.57. The van der Waals surface area contributed by atoms with Crippen molar-refractivity contribution in [2.24, 2.45) is 0 Å². The van der Waals surface area contributed by atoms with E-state index in [2.05, 4.69) is 6.92 Å². The lowest BCUT2D eigenvalue weighted by Gasteiger charge is -2.14. The summed E-state index contributed by atoms with van der Waals surface area (Å²) in [6, 6.07) is 4.26. The molecule has 0 aliphatic rings. The van der Waals surface area contributed by atoms with Crippen LogP contribution in [-0.2, 0) is 10.1 Å². The molecule has 1 rings (SSSR count). The van der Waals surface area contributed by atoms with Gasteiger partial charge in [-0.05, 0) is 18.6 Å². The van der Waals surface area contributed by atoms with Gasteiger partial charge in [0, 0.05) is 5.56 Å². The topological polar surface area (TPSA) is 93.1 Å². The van der Waals surface area contributed by atoms with Crippen LogP contribution in [0.2, 0.25) is 0 Å². The first kappa shape index (κ1) is 19.7. The molecule has 0 aliphatic carbocycles. The summed E-state index contributed by atoms with van der Waals surface area (Å²) >= 11 is 0. The molecule has 1 aromatic rings. The second-order valence-electron chi connectivity index (χ2n) is 5.39. The van der Waals surface area contributed by atoms with E-state index >= 15 is 0 Å². The summed E-state index contributed by atoms with van der Waals surface area (Å²) < 4.78 is 41.6. The van der Waals surface area contributed by atoms with Gasteiger partial charge in [-0.1, -0.05) is 45.1 Å². The van der Waals surface area contributed by atoms with Crippen molar-refractivity contribution in [2.75, 3.05) is 13.7 Å². The smallest absolute Gasteiger partial charge is 0.296 e. The Hall–Kier alpha value is -1.31. The summed E-state index contributed by atoms with van der Waals surface area (Å²) in [5, 5.41) is 9.55. The maximum absolute atomic E-state index is 11.0. The molecule has 0 saturated carbocycles. The van der Waals surface area contributed by atoms with E-state index in [-0.39, 0.29) is 5.56 Å². The van der Waals surface area contributed by atoms with Crippen LogP contribution in [0, 0.1) is 0 Å². The van der Waals surface area contributed by atoms with Crippen molar-refractivity contribution < 1.29 is 27.6 Å². The molecule has 23 heavy (non-hydrogen) atoms. The zero-order chi connectivity index (χ0) is 17.3. The zero-order valence-corrected chi connectivity index (χ0v) is 14.5. The molecule has 0 amide bonds. The first-order chi connectivity index (χ1) is 10.9. The third-order valence-electron chi connectivity index (χ3n) is 3.51. The van der Waals surface area contributed by atoms with Crippen molar-refractivity contribution in [3.8, 4) is 11.5 Å². The lowest BCUT2D eigenvalue weighted by molar-refractivity contribution is 0.237. The van der Waals surface area contributed by atoms with E-state index in [0.717, 1.165) is 12.8 Å². The lowest BCUT2D eigenvalue weighted by Crippen LogP contribution is -2.11. The first-order valence-electron chi connectivity index (χ1n) is 7.85. The van der Waals surface area contributed by atoms with Crippen LogP contribution in [0.3, 0.4) is 0 Å². The molecule has 0 aliphatic heterocycles. The number of ether oxygens (including phenoxy) is 2. The average molecular weight is 346 g/mol. The van der Waals surface area contributed by atoms with Crippen molar-refractivity contribution in [1.82, 2.24) is 0 Å². The normalized spacial score (nSPS) is 12.9. The largest absolute Gasteiger partial charge is 0.493 e. The van der Waals surface area contributed by atoms with Crippen LogP contribution in [0.15, 0.2) is 18.2 Å². The second kappa shape index (κ2) is 9.75. The summed E-state index contributed by atoms with van der Waals surface area (Å²) in [4.78, 5) is 0. The molecule has 0 spiro atoms. The standard InChI is InChI=1S/C16H26O6S/c1-3-4-5-6-7-8-11-22-14-10-9-13(12-15(14)21-2)16(17)23(18,19)20/h9-10,12,16-17H,3-8,11H2,1-2H3,(H,18,19,20). The van der Waals surface area contributed by atoms with Crippen LogP contribution in [0.5, 0.6) is 11.5 Å². The predicted molar refractivity (Wildman–Crippen MR) is 88.4 cm³/mol. The Bertz CT molecular complexity index is 570. The Kier molecular flexibility index (Phi) is 8.36. The summed E-state index contributed by atoms with van der Waals surface area (Å²) in [5.41, 5.74) is -1.97. The molecule has 1 atom stereocenters. The average Bonchev–Trinajstić information content (AvgIpc) is 2.52. The van der Waals surface area contributed by atoms with E-state index in [1.807, 2.05) is 0 Å². The maximum Gasteiger partial charge on any atom is 0.296 e. The molecular formula is C16H26O6S. The summed E-state index contributed by atoms with van der Waals surface area (Å²) in [6.45, 7) is 2.72. The van der Waals surface area contributed by atoms with Gasteiger partial charge in [0.25, 0.3) is 10.1 Å². The highest BCUT2D eigenvalue weighted by atomic mass is 32.2. The fourth-order valence-corrected chi connectivity index (χ4v) is 2.68. The van der Waals surface area contributed by atoms with E-state index in [9.17, 15) is 13.5 Å². The number of rotatable bonds is 11. The highest BCUT2D eigenvalue weighted by molar-refractivity contribution is 7.85. The Labute approximate surface area is 138 Å². The molecular weight excluding hydrogens is 320 g/mol. The Balaban J connectivity index is 2.57. The van der Waals surface area contributed by atoms with Crippen LogP contribution >= 0.6 is 0 Å². The Morgan fingerprint density at radius 2 is 1.74 bits per heavy atom. The van der Waals surface area contributed by atoms with Crippen molar-refractivity contribution in [3.63, 3.8) is 0 Å². The quantitative estimate of drug-likeness (QED) is 0.472. The van der Waals surface area contributed by atoms with Gasteiger partial charge in [-0.2, -0.15) is 8.42 Å². The van der Waals surface area contributed by atoms with Crippen molar-refractivity contribution in [3.05, 3.63) is 23.8 Å². The van der Waals surface area contributed by atoms with E-state index in [1.54, 1.807) is 0 Å². The highest BCUT2D eigenvalue weighted by Crippen LogP contribution is 2.31.